The number of hydrogen-bond donors (Lipinski definition) is 1. The summed E-state index contributed by atoms with van der Waals surface area (Å²) in [7, 11) is 1.47. The third kappa shape index (κ3) is 5.60. The Morgan fingerprint density at radius 2 is 2.00 bits per heavy atom. The number of carbonyl (C=O) groups excluding carboxylic acids is 1. The number of ether oxygens (including phenoxy) is 2. The highest BCUT2D eigenvalue weighted by atomic mass is 35.5. The first-order chi connectivity index (χ1) is 15.7. The quantitative estimate of drug-likeness (QED) is 0.280. The zero-order chi connectivity index (χ0) is 24.1. The van der Waals surface area contributed by atoms with Crippen molar-refractivity contribution in [3.8, 4) is 11.5 Å². The molecule has 172 valence electrons. The van der Waals surface area contributed by atoms with E-state index in [4.69, 9.17) is 32.7 Å². The van der Waals surface area contributed by atoms with Crippen molar-refractivity contribution in [1.82, 2.24) is 15.2 Å². The molecule has 0 aliphatic rings. The molecule has 1 N–H and O–H groups in total. The summed E-state index contributed by atoms with van der Waals surface area (Å²) < 4.78 is 12.5. The predicted molar refractivity (Wildman–Crippen MR) is 123 cm³/mol. The van der Waals surface area contributed by atoms with Gasteiger partial charge in [-0.3, -0.25) is 14.9 Å². The summed E-state index contributed by atoms with van der Waals surface area (Å²) >= 11 is 11.9. The number of nitro groups is 1. The van der Waals surface area contributed by atoms with Crippen molar-refractivity contribution in [2.75, 3.05) is 7.11 Å². The molecule has 0 atom stereocenters. The molecular formula is C21H19Cl2N5O5. The minimum atomic E-state index is -0.487. The number of nitrogens with zero attached hydrogens (tertiary/aromatic N) is 4. The Hall–Kier alpha value is -3.63. The van der Waals surface area contributed by atoms with Crippen LogP contribution in [0.15, 0.2) is 41.5 Å². The fourth-order valence-electron chi connectivity index (χ4n) is 2.99. The third-order valence-electron chi connectivity index (χ3n) is 4.61. The number of nitrogens with one attached hydrogen (secondary N) is 1. The maximum atomic E-state index is 12.2. The van der Waals surface area contributed by atoms with Gasteiger partial charge in [-0.05, 0) is 55.8 Å². The van der Waals surface area contributed by atoms with E-state index in [2.05, 4.69) is 15.6 Å². The molecule has 10 nitrogen and oxygen atoms in total. The molecule has 3 aromatic rings. The van der Waals surface area contributed by atoms with Gasteiger partial charge in [0.2, 0.25) is 0 Å². The normalized spacial score (nSPS) is 10.9. The number of aromatic nitrogens is 2. The van der Waals surface area contributed by atoms with Crippen molar-refractivity contribution in [1.29, 1.82) is 0 Å². The summed E-state index contributed by atoms with van der Waals surface area (Å²) in [4.78, 5) is 22.9. The smallest absolute Gasteiger partial charge is 0.312 e. The molecule has 2 aromatic carbocycles. The highest BCUT2D eigenvalue weighted by Gasteiger charge is 2.22. The van der Waals surface area contributed by atoms with Gasteiger partial charge >= 0.3 is 5.69 Å². The largest absolute Gasteiger partial charge is 0.493 e. The molecule has 33 heavy (non-hydrogen) atoms. The van der Waals surface area contributed by atoms with Crippen LogP contribution in [0.25, 0.3) is 0 Å². The lowest BCUT2D eigenvalue weighted by molar-refractivity contribution is -0.386. The first kappa shape index (κ1) is 24.0. The Morgan fingerprint density at radius 1 is 1.24 bits per heavy atom. The van der Waals surface area contributed by atoms with Crippen LogP contribution in [0.1, 0.15) is 27.3 Å². The van der Waals surface area contributed by atoms with Crippen LogP contribution in [-0.2, 0) is 6.73 Å². The summed E-state index contributed by atoms with van der Waals surface area (Å²) in [6.45, 7) is 3.13. The number of benzene rings is 2. The summed E-state index contributed by atoms with van der Waals surface area (Å²) in [5.41, 5.74) is 3.91. The van der Waals surface area contributed by atoms with Crippen LogP contribution in [0.5, 0.6) is 11.5 Å². The molecule has 0 aliphatic carbocycles. The van der Waals surface area contributed by atoms with Gasteiger partial charge in [0.1, 0.15) is 11.4 Å². The molecule has 1 aromatic heterocycles. The van der Waals surface area contributed by atoms with E-state index in [0.717, 1.165) is 0 Å². The fourth-order valence-corrected chi connectivity index (χ4v) is 3.49. The van der Waals surface area contributed by atoms with E-state index in [1.54, 1.807) is 38.1 Å². The molecule has 0 fully saturated rings. The van der Waals surface area contributed by atoms with Crippen LogP contribution < -0.4 is 14.9 Å². The van der Waals surface area contributed by atoms with Crippen LogP contribution in [0.4, 0.5) is 5.69 Å². The average Bonchev–Trinajstić information content (AvgIpc) is 3.05. The minimum absolute atomic E-state index is 0.0395. The second kappa shape index (κ2) is 10.3. The molecule has 0 unspecified atom stereocenters. The monoisotopic (exact) mass is 491 g/mol. The molecule has 0 bridgehead atoms. The van der Waals surface area contributed by atoms with Crippen molar-refractivity contribution in [2.24, 2.45) is 5.10 Å². The average molecular weight is 492 g/mol. The first-order valence-corrected chi connectivity index (χ1v) is 10.2. The van der Waals surface area contributed by atoms with Crippen molar-refractivity contribution in [2.45, 2.75) is 20.6 Å². The van der Waals surface area contributed by atoms with Gasteiger partial charge in [0, 0.05) is 5.02 Å². The molecule has 0 saturated heterocycles. The highest BCUT2D eigenvalue weighted by Crippen LogP contribution is 2.29. The van der Waals surface area contributed by atoms with Crippen LogP contribution in [0.3, 0.4) is 0 Å². The number of halogens is 2. The standard InChI is InChI=1S/C21H19Cl2N5O5/c1-12-20(28(30)31)13(2)27(26-12)11-33-18-7-4-14(8-19(18)32-3)10-24-25-21(29)16-6-5-15(22)9-17(16)23/h4-10H,11H2,1-3H3,(H,25,29)/b24-10+. The van der Waals surface area contributed by atoms with E-state index in [1.165, 1.54) is 30.1 Å². The van der Waals surface area contributed by atoms with Gasteiger partial charge in [-0.2, -0.15) is 10.2 Å². The molecule has 0 saturated carbocycles. The third-order valence-corrected chi connectivity index (χ3v) is 5.16. The molecule has 1 heterocycles. The van der Waals surface area contributed by atoms with E-state index in [-0.39, 0.29) is 23.0 Å². The first-order valence-electron chi connectivity index (χ1n) is 9.49. The van der Waals surface area contributed by atoms with Gasteiger partial charge in [0.15, 0.2) is 18.2 Å². The van der Waals surface area contributed by atoms with Crippen molar-refractivity contribution < 1.29 is 19.2 Å². The molecular weight excluding hydrogens is 473 g/mol. The van der Waals surface area contributed by atoms with Crippen molar-refractivity contribution in [3.05, 3.63) is 79.1 Å². The maximum Gasteiger partial charge on any atom is 0.312 e. The zero-order valence-electron chi connectivity index (χ0n) is 17.8. The number of rotatable bonds is 8. The maximum absolute atomic E-state index is 12.2. The minimum Gasteiger partial charge on any atom is -0.493 e. The van der Waals surface area contributed by atoms with Crippen molar-refractivity contribution >= 4 is 41.0 Å². The zero-order valence-corrected chi connectivity index (χ0v) is 19.3. The summed E-state index contributed by atoms with van der Waals surface area (Å²) in [5, 5.41) is 19.9. The second-order valence-electron chi connectivity index (χ2n) is 6.78. The molecule has 12 heteroatoms. The Morgan fingerprint density at radius 3 is 2.64 bits per heavy atom. The second-order valence-corrected chi connectivity index (χ2v) is 7.63. The van der Waals surface area contributed by atoms with Gasteiger partial charge in [0.25, 0.3) is 5.91 Å². The topological polar surface area (TPSA) is 121 Å². The van der Waals surface area contributed by atoms with Gasteiger partial charge in [-0.15, -0.1) is 0 Å². The molecule has 0 radical (unpaired) electrons. The molecule has 0 aliphatic heterocycles. The SMILES string of the molecule is COc1cc(/C=N/NC(=O)c2ccc(Cl)cc2Cl)ccc1OCn1nc(C)c([N+](=O)[O-])c1C. The number of hydrogen-bond acceptors (Lipinski definition) is 7. The predicted octanol–water partition coefficient (Wildman–Crippen LogP) is 4.52. The van der Waals surface area contributed by atoms with Crippen LogP contribution in [0, 0.1) is 24.0 Å². The number of carbonyl (C=O) groups is 1. The van der Waals surface area contributed by atoms with Crippen LogP contribution in [0.2, 0.25) is 10.0 Å². The highest BCUT2D eigenvalue weighted by molar-refractivity contribution is 6.36. The fraction of sp³-hybridized carbons (Fsp3) is 0.190. The van der Waals surface area contributed by atoms with Gasteiger partial charge in [-0.1, -0.05) is 23.2 Å². The molecule has 3 rings (SSSR count). The van der Waals surface area contributed by atoms with E-state index in [9.17, 15) is 14.9 Å². The van der Waals surface area contributed by atoms with E-state index in [1.807, 2.05) is 0 Å². The molecule has 1 amide bonds. The van der Waals surface area contributed by atoms with E-state index < -0.39 is 10.8 Å². The number of aryl methyl sites for hydroxylation is 1. The Labute approximate surface area is 198 Å². The van der Waals surface area contributed by atoms with E-state index >= 15 is 0 Å². The van der Waals surface area contributed by atoms with Gasteiger partial charge in [0.05, 0.1) is 28.8 Å². The summed E-state index contributed by atoms with van der Waals surface area (Å²) in [5.74, 6) is 0.322. The Balaban J connectivity index is 1.67. The number of hydrazone groups is 1. The van der Waals surface area contributed by atoms with E-state index in [0.29, 0.717) is 33.5 Å². The number of amides is 1. The Bertz CT molecular complexity index is 1240. The van der Waals surface area contributed by atoms with Crippen LogP contribution in [-0.4, -0.2) is 33.9 Å². The summed E-state index contributed by atoms with van der Waals surface area (Å²) in [6, 6.07) is 9.53. The van der Waals surface area contributed by atoms with Gasteiger partial charge < -0.3 is 9.47 Å². The van der Waals surface area contributed by atoms with Crippen LogP contribution >= 0.6 is 23.2 Å². The summed E-state index contributed by atoms with van der Waals surface area (Å²) in [6.07, 6.45) is 1.43. The lowest BCUT2D eigenvalue weighted by atomic mass is 10.2. The van der Waals surface area contributed by atoms with Crippen molar-refractivity contribution in [3.63, 3.8) is 0 Å². The van der Waals surface area contributed by atoms with Gasteiger partial charge in [-0.25, -0.2) is 10.1 Å². The molecule has 0 spiro atoms. The lowest BCUT2D eigenvalue weighted by Gasteiger charge is -2.12. The number of methoxy groups -OCH3 is 1. The Kier molecular flexibility index (Phi) is 7.52. The lowest BCUT2D eigenvalue weighted by Crippen LogP contribution is -2.18.